The first-order valence-corrected chi connectivity index (χ1v) is 12.8. The van der Waals surface area contributed by atoms with Crippen molar-refractivity contribution in [2.75, 3.05) is 0 Å². The minimum Gasteiger partial charge on any atom is -0.506 e. The van der Waals surface area contributed by atoms with Crippen molar-refractivity contribution in [2.45, 2.75) is 18.9 Å². The Bertz CT molecular complexity index is 1630. The number of phenols is 1. The summed E-state index contributed by atoms with van der Waals surface area (Å²) in [6.45, 7) is 0. The molecule has 3 heterocycles. The second-order valence-corrected chi connectivity index (χ2v) is 10.8. The van der Waals surface area contributed by atoms with Gasteiger partial charge in [0.1, 0.15) is 5.75 Å². The first-order chi connectivity index (χ1) is 16.0. The van der Waals surface area contributed by atoms with Crippen LogP contribution in [0.25, 0.3) is 11.8 Å². The van der Waals surface area contributed by atoms with Gasteiger partial charge in [0.05, 0.1) is 21.3 Å². The summed E-state index contributed by atoms with van der Waals surface area (Å²) in [6, 6.07) is 15.3. The highest BCUT2D eigenvalue weighted by Crippen LogP contribution is 2.42. The molecule has 2 aliphatic rings. The molecule has 0 saturated heterocycles. The Morgan fingerprint density at radius 1 is 1.12 bits per heavy atom. The maximum Gasteiger partial charge on any atom is 0.271 e. The van der Waals surface area contributed by atoms with Crippen molar-refractivity contribution in [3.05, 3.63) is 111 Å². The van der Waals surface area contributed by atoms with Crippen molar-refractivity contribution in [2.24, 2.45) is 4.99 Å². The molecule has 1 N–H and O–H groups in total. The van der Waals surface area contributed by atoms with Crippen LogP contribution in [0.4, 0.5) is 0 Å². The van der Waals surface area contributed by atoms with E-state index in [1.165, 1.54) is 28.5 Å². The van der Waals surface area contributed by atoms with Crippen molar-refractivity contribution in [3.63, 3.8) is 0 Å². The zero-order valence-electron chi connectivity index (χ0n) is 17.1. The SMILES string of the molecule is O=c1c(=Cc2cc(Cl)cc(Cl)c2O)sc2n1[C@H](c1cccs1)C1=C(N=2)c2ccccc2CC1. The summed E-state index contributed by atoms with van der Waals surface area (Å²) in [5.41, 5.74) is 4.82. The van der Waals surface area contributed by atoms with Crippen LogP contribution in [-0.2, 0) is 6.42 Å². The molecule has 0 unspecified atom stereocenters. The number of hydrogen-bond donors (Lipinski definition) is 1. The molecule has 2 aromatic carbocycles. The fraction of sp³-hybridized carbons (Fsp3) is 0.120. The van der Waals surface area contributed by atoms with Crippen molar-refractivity contribution in [3.8, 4) is 5.75 Å². The number of phenolic OH excluding ortho intramolecular Hbond substituents is 1. The van der Waals surface area contributed by atoms with E-state index in [1.807, 2.05) is 17.5 Å². The number of fused-ring (bicyclic) bond motifs is 3. The van der Waals surface area contributed by atoms with E-state index in [0.29, 0.717) is 19.9 Å². The van der Waals surface area contributed by atoms with Gasteiger partial charge in [-0.2, -0.15) is 0 Å². The van der Waals surface area contributed by atoms with Crippen LogP contribution in [-0.4, -0.2) is 9.67 Å². The third-order valence-corrected chi connectivity index (χ3v) is 8.44. The number of thiazole rings is 1. The van der Waals surface area contributed by atoms with E-state index >= 15 is 0 Å². The average molecular weight is 511 g/mol. The molecule has 0 fully saturated rings. The zero-order chi connectivity index (χ0) is 22.7. The van der Waals surface area contributed by atoms with Crippen molar-refractivity contribution < 1.29 is 5.11 Å². The number of benzene rings is 2. The van der Waals surface area contributed by atoms with E-state index in [2.05, 4.69) is 24.3 Å². The molecule has 0 radical (unpaired) electrons. The zero-order valence-corrected chi connectivity index (χ0v) is 20.2. The summed E-state index contributed by atoms with van der Waals surface area (Å²) >= 11 is 15.2. The number of thiophene rings is 1. The Labute approximate surface area is 207 Å². The van der Waals surface area contributed by atoms with E-state index in [-0.39, 0.29) is 22.4 Å². The van der Waals surface area contributed by atoms with Gasteiger partial charge in [-0.1, -0.05) is 64.9 Å². The standard InChI is InChI=1S/C25H16Cl2N2O2S2/c26-15-10-14(23(30)18(27)12-15)11-20-24(31)29-22(19-6-3-9-32-19)17-8-7-13-4-1-2-5-16(13)21(17)28-25(29)33-20/h1-6,9-12,22,30H,7-8H2/t22-/m0/s1. The van der Waals surface area contributed by atoms with E-state index in [9.17, 15) is 9.90 Å². The van der Waals surface area contributed by atoms with Gasteiger partial charge in [-0.3, -0.25) is 9.36 Å². The lowest BCUT2D eigenvalue weighted by Crippen LogP contribution is -2.38. The maximum absolute atomic E-state index is 13.6. The first kappa shape index (κ1) is 20.9. The van der Waals surface area contributed by atoms with Gasteiger partial charge in [0.2, 0.25) is 0 Å². The lowest BCUT2D eigenvalue weighted by atomic mass is 9.85. The lowest BCUT2D eigenvalue weighted by Gasteiger charge is -2.30. The molecule has 0 bridgehead atoms. The Morgan fingerprint density at radius 3 is 2.79 bits per heavy atom. The van der Waals surface area contributed by atoms with Crippen molar-refractivity contribution >= 4 is 57.6 Å². The van der Waals surface area contributed by atoms with Gasteiger partial charge in [-0.05, 0) is 53.6 Å². The topological polar surface area (TPSA) is 54.6 Å². The molecule has 1 atom stereocenters. The maximum atomic E-state index is 13.6. The number of hydrogen-bond acceptors (Lipinski definition) is 5. The van der Waals surface area contributed by atoms with Gasteiger partial charge in [-0.15, -0.1) is 11.3 Å². The predicted molar refractivity (Wildman–Crippen MR) is 135 cm³/mol. The molecule has 2 aromatic heterocycles. The molecule has 6 rings (SSSR count). The second-order valence-electron chi connectivity index (χ2n) is 7.95. The molecule has 4 nitrogen and oxygen atoms in total. The van der Waals surface area contributed by atoms with Gasteiger partial charge in [0, 0.05) is 21.0 Å². The molecule has 8 heteroatoms. The molecule has 33 heavy (non-hydrogen) atoms. The molecule has 1 aliphatic carbocycles. The van der Waals surface area contributed by atoms with Crippen LogP contribution in [0.15, 0.2) is 69.3 Å². The second kappa shape index (κ2) is 7.99. The summed E-state index contributed by atoms with van der Waals surface area (Å²) in [4.78, 5) is 20.4. The summed E-state index contributed by atoms with van der Waals surface area (Å²) < 4.78 is 2.26. The normalized spacial score (nSPS) is 17.4. The molecule has 4 aromatic rings. The summed E-state index contributed by atoms with van der Waals surface area (Å²) in [5, 5.41) is 13.0. The number of halogens is 2. The summed E-state index contributed by atoms with van der Waals surface area (Å²) in [6.07, 6.45) is 3.41. The van der Waals surface area contributed by atoms with Crippen LogP contribution in [0.2, 0.25) is 10.0 Å². The average Bonchev–Trinajstić information content (AvgIpc) is 3.44. The summed E-state index contributed by atoms with van der Waals surface area (Å²) in [5.74, 6) is -0.102. The molecule has 0 spiro atoms. The van der Waals surface area contributed by atoms with Gasteiger partial charge in [0.25, 0.3) is 5.56 Å². The smallest absolute Gasteiger partial charge is 0.271 e. The largest absolute Gasteiger partial charge is 0.506 e. The number of aromatic hydroxyl groups is 1. The highest BCUT2D eigenvalue weighted by Gasteiger charge is 2.33. The Kier molecular flexibility index (Phi) is 5.07. The fourth-order valence-electron chi connectivity index (χ4n) is 4.56. The highest BCUT2D eigenvalue weighted by atomic mass is 35.5. The number of allylic oxidation sites excluding steroid dienone is 1. The minimum atomic E-state index is -0.191. The molecule has 0 saturated carbocycles. The Balaban J connectivity index is 1.63. The highest BCUT2D eigenvalue weighted by molar-refractivity contribution is 7.10. The number of aromatic nitrogens is 1. The number of nitrogens with zero attached hydrogens (tertiary/aromatic N) is 2. The quantitative estimate of drug-likeness (QED) is 0.392. The van der Waals surface area contributed by atoms with Gasteiger partial charge in [-0.25, -0.2) is 4.99 Å². The van der Waals surface area contributed by atoms with Gasteiger partial charge in [0.15, 0.2) is 4.80 Å². The number of aryl methyl sites for hydroxylation is 1. The summed E-state index contributed by atoms with van der Waals surface area (Å²) in [7, 11) is 0. The van der Waals surface area contributed by atoms with Crippen LogP contribution in [0.3, 0.4) is 0 Å². The van der Waals surface area contributed by atoms with Crippen LogP contribution in [0, 0.1) is 0 Å². The van der Waals surface area contributed by atoms with Crippen molar-refractivity contribution in [1.82, 2.24) is 4.57 Å². The Morgan fingerprint density at radius 2 is 1.97 bits per heavy atom. The number of rotatable bonds is 2. The Hall–Kier alpha value is -2.64. The van der Waals surface area contributed by atoms with Crippen LogP contribution < -0.4 is 14.9 Å². The predicted octanol–water partition coefficient (Wildman–Crippen LogP) is 5.39. The molecule has 0 amide bonds. The van der Waals surface area contributed by atoms with Crippen LogP contribution in [0.5, 0.6) is 5.75 Å². The lowest BCUT2D eigenvalue weighted by molar-refractivity contribution is 0.474. The third kappa shape index (κ3) is 3.40. The van der Waals surface area contributed by atoms with Gasteiger partial charge < -0.3 is 5.11 Å². The first-order valence-electron chi connectivity index (χ1n) is 10.4. The van der Waals surface area contributed by atoms with E-state index in [1.54, 1.807) is 28.0 Å². The van der Waals surface area contributed by atoms with Crippen LogP contribution in [0.1, 0.15) is 34.0 Å². The van der Waals surface area contributed by atoms with E-state index in [0.717, 1.165) is 29.0 Å². The molecular formula is C25H16Cl2N2O2S2. The third-order valence-electron chi connectivity index (χ3n) is 6.03. The monoisotopic (exact) mass is 510 g/mol. The molecule has 1 aliphatic heterocycles. The van der Waals surface area contributed by atoms with E-state index in [4.69, 9.17) is 28.2 Å². The molecular weight excluding hydrogens is 495 g/mol. The van der Waals surface area contributed by atoms with Crippen molar-refractivity contribution in [1.29, 1.82) is 0 Å². The fourth-order valence-corrected chi connectivity index (χ4v) is 6.90. The minimum absolute atomic E-state index is 0.102. The molecule has 164 valence electrons. The van der Waals surface area contributed by atoms with Crippen LogP contribution >= 0.6 is 45.9 Å². The van der Waals surface area contributed by atoms with Gasteiger partial charge >= 0.3 is 0 Å². The van der Waals surface area contributed by atoms with E-state index < -0.39 is 0 Å².